The largest absolute Gasteiger partial charge is 0.494 e. The van der Waals surface area contributed by atoms with Crippen LogP contribution in [0.1, 0.15) is 45.4 Å². The fraction of sp³-hybridized carbons (Fsp3) is 0.625. The fourth-order valence-corrected chi connectivity index (χ4v) is 2.76. The quantitative estimate of drug-likeness (QED) is 0.801. The van der Waals surface area contributed by atoms with Crippen molar-refractivity contribution in [3.05, 3.63) is 24.3 Å². The molecule has 0 saturated heterocycles. The van der Waals surface area contributed by atoms with E-state index in [2.05, 4.69) is 17.4 Å². The van der Waals surface area contributed by atoms with Crippen LogP contribution in [-0.2, 0) is 0 Å². The van der Waals surface area contributed by atoms with Crippen LogP contribution in [0, 0.1) is 5.92 Å². The van der Waals surface area contributed by atoms with Crippen LogP contribution >= 0.6 is 0 Å². The Balaban J connectivity index is 1.73. The van der Waals surface area contributed by atoms with Crippen molar-refractivity contribution in [3.8, 4) is 5.75 Å². The number of rotatable bonds is 6. The van der Waals surface area contributed by atoms with Crippen molar-refractivity contribution < 1.29 is 4.74 Å². The van der Waals surface area contributed by atoms with E-state index in [1.165, 1.54) is 44.2 Å². The molecule has 0 unspecified atom stereocenters. The lowest BCUT2D eigenvalue weighted by Gasteiger charge is -2.21. The molecule has 0 aliphatic heterocycles. The highest BCUT2D eigenvalue weighted by molar-refractivity contribution is 5.48. The van der Waals surface area contributed by atoms with Crippen molar-refractivity contribution in [2.75, 3.05) is 18.5 Å². The summed E-state index contributed by atoms with van der Waals surface area (Å²) in [7, 11) is 0. The molecule has 1 N–H and O–H groups in total. The highest BCUT2D eigenvalue weighted by atomic mass is 16.5. The third kappa shape index (κ3) is 4.25. The predicted octanol–water partition coefficient (Wildman–Crippen LogP) is 4.47. The third-order valence-electron chi connectivity index (χ3n) is 3.75. The maximum Gasteiger partial charge on any atom is 0.121 e. The second-order valence-corrected chi connectivity index (χ2v) is 5.18. The van der Waals surface area contributed by atoms with Crippen molar-refractivity contribution in [1.29, 1.82) is 0 Å². The van der Waals surface area contributed by atoms with Gasteiger partial charge in [-0.25, -0.2) is 0 Å². The van der Waals surface area contributed by atoms with Crippen LogP contribution in [0.3, 0.4) is 0 Å². The van der Waals surface area contributed by atoms with Crippen LogP contribution < -0.4 is 10.1 Å². The van der Waals surface area contributed by atoms with Crippen LogP contribution in [0.2, 0.25) is 0 Å². The summed E-state index contributed by atoms with van der Waals surface area (Å²) in [6.45, 7) is 3.83. The first kappa shape index (κ1) is 13.3. The van der Waals surface area contributed by atoms with Gasteiger partial charge in [-0.3, -0.25) is 0 Å². The van der Waals surface area contributed by atoms with Crippen molar-refractivity contribution in [1.82, 2.24) is 0 Å². The van der Waals surface area contributed by atoms with Gasteiger partial charge in [0.15, 0.2) is 0 Å². The minimum absolute atomic E-state index is 0.728. The number of anilines is 1. The molecule has 0 radical (unpaired) electrons. The zero-order chi connectivity index (χ0) is 12.6. The molecule has 1 aromatic rings. The minimum atomic E-state index is 0.728. The molecule has 2 rings (SSSR count). The first-order valence-corrected chi connectivity index (χ1v) is 7.35. The van der Waals surface area contributed by atoms with E-state index in [0.29, 0.717) is 0 Å². The molecule has 1 fully saturated rings. The molecule has 2 heteroatoms. The van der Waals surface area contributed by atoms with E-state index in [9.17, 15) is 0 Å². The Kier molecular flexibility index (Phi) is 5.37. The molecular formula is C16H25NO. The number of hydrogen-bond donors (Lipinski definition) is 1. The van der Waals surface area contributed by atoms with E-state index in [0.717, 1.165) is 24.8 Å². The van der Waals surface area contributed by atoms with Gasteiger partial charge in [-0.15, -0.1) is 0 Å². The smallest absolute Gasteiger partial charge is 0.121 e. The van der Waals surface area contributed by atoms with Gasteiger partial charge in [0, 0.05) is 18.3 Å². The summed E-state index contributed by atoms with van der Waals surface area (Å²) in [5.41, 5.74) is 1.18. The second kappa shape index (κ2) is 7.30. The molecule has 0 heterocycles. The lowest BCUT2D eigenvalue weighted by atomic mass is 9.87. The molecule has 0 aromatic heterocycles. The summed E-state index contributed by atoms with van der Waals surface area (Å²) in [5.74, 6) is 1.90. The Morgan fingerprint density at radius 1 is 1.22 bits per heavy atom. The molecule has 2 nitrogen and oxygen atoms in total. The van der Waals surface area contributed by atoms with E-state index in [-0.39, 0.29) is 0 Å². The van der Waals surface area contributed by atoms with E-state index < -0.39 is 0 Å². The standard InChI is InChI=1S/C16H25NO/c1-2-18-16-10-6-9-15(13-16)17-12-11-14-7-4-3-5-8-14/h6,9-10,13-14,17H,2-5,7-8,11-12H2,1H3. The maximum absolute atomic E-state index is 5.50. The molecule has 0 spiro atoms. The summed E-state index contributed by atoms with van der Waals surface area (Å²) < 4.78 is 5.50. The molecule has 1 aliphatic carbocycles. The fourth-order valence-electron chi connectivity index (χ4n) is 2.76. The van der Waals surface area contributed by atoms with Gasteiger partial charge in [-0.2, -0.15) is 0 Å². The molecule has 1 aliphatic rings. The zero-order valence-electron chi connectivity index (χ0n) is 11.5. The molecule has 1 saturated carbocycles. The van der Waals surface area contributed by atoms with Gasteiger partial charge >= 0.3 is 0 Å². The first-order valence-electron chi connectivity index (χ1n) is 7.35. The maximum atomic E-state index is 5.50. The van der Waals surface area contributed by atoms with Gasteiger partial charge in [0.05, 0.1) is 6.61 Å². The highest BCUT2D eigenvalue weighted by Gasteiger charge is 2.12. The minimum Gasteiger partial charge on any atom is -0.494 e. The number of ether oxygens (including phenoxy) is 1. The average molecular weight is 247 g/mol. The highest BCUT2D eigenvalue weighted by Crippen LogP contribution is 2.26. The van der Waals surface area contributed by atoms with E-state index >= 15 is 0 Å². The Labute approximate surface area is 111 Å². The van der Waals surface area contributed by atoms with E-state index in [1.807, 2.05) is 19.1 Å². The molecule has 0 bridgehead atoms. The zero-order valence-corrected chi connectivity index (χ0v) is 11.5. The first-order chi connectivity index (χ1) is 8.88. The summed E-state index contributed by atoms with van der Waals surface area (Å²) in [4.78, 5) is 0. The summed E-state index contributed by atoms with van der Waals surface area (Å²) >= 11 is 0. The van der Waals surface area contributed by atoms with Gasteiger partial charge in [0.2, 0.25) is 0 Å². The number of nitrogens with one attached hydrogen (secondary N) is 1. The number of benzene rings is 1. The van der Waals surface area contributed by atoms with E-state index in [4.69, 9.17) is 4.74 Å². The normalized spacial score (nSPS) is 16.5. The van der Waals surface area contributed by atoms with Gasteiger partial charge in [-0.05, 0) is 31.4 Å². The summed E-state index contributed by atoms with van der Waals surface area (Å²) in [6.07, 6.45) is 8.48. The lowest BCUT2D eigenvalue weighted by Crippen LogP contribution is -2.12. The summed E-state index contributed by atoms with van der Waals surface area (Å²) in [6, 6.07) is 8.26. The molecule has 1 aromatic carbocycles. The van der Waals surface area contributed by atoms with Crippen LogP contribution in [0.15, 0.2) is 24.3 Å². The molecular weight excluding hydrogens is 222 g/mol. The Morgan fingerprint density at radius 2 is 2.06 bits per heavy atom. The van der Waals surface area contributed by atoms with Crippen molar-refractivity contribution >= 4 is 5.69 Å². The van der Waals surface area contributed by atoms with Gasteiger partial charge in [-0.1, -0.05) is 38.2 Å². The summed E-state index contributed by atoms with van der Waals surface area (Å²) in [5, 5.41) is 3.51. The van der Waals surface area contributed by atoms with Crippen molar-refractivity contribution in [2.45, 2.75) is 45.4 Å². The monoisotopic (exact) mass is 247 g/mol. The third-order valence-corrected chi connectivity index (χ3v) is 3.75. The number of hydrogen-bond acceptors (Lipinski definition) is 2. The van der Waals surface area contributed by atoms with Gasteiger partial charge in [0.1, 0.15) is 5.75 Å². The van der Waals surface area contributed by atoms with Crippen LogP contribution in [-0.4, -0.2) is 13.2 Å². The average Bonchev–Trinajstić information content (AvgIpc) is 2.41. The second-order valence-electron chi connectivity index (χ2n) is 5.18. The van der Waals surface area contributed by atoms with Crippen molar-refractivity contribution in [3.63, 3.8) is 0 Å². The van der Waals surface area contributed by atoms with Gasteiger partial charge < -0.3 is 10.1 Å². The molecule has 18 heavy (non-hydrogen) atoms. The van der Waals surface area contributed by atoms with Gasteiger partial charge in [0.25, 0.3) is 0 Å². The van der Waals surface area contributed by atoms with Crippen LogP contribution in [0.5, 0.6) is 5.75 Å². The van der Waals surface area contributed by atoms with Crippen LogP contribution in [0.25, 0.3) is 0 Å². The Hall–Kier alpha value is -1.18. The predicted molar refractivity (Wildman–Crippen MR) is 77.3 cm³/mol. The van der Waals surface area contributed by atoms with Crippen molar-refractivity contribution in [2.24, 2.45) is 5.92 Å². The topological polar surface area (TPSA) is 21.3 Å². The molecule has 100 valence electrons. The van der Waals surface area contributed by atoms with E-state index in [1.54, 1.807) is 0 Å². The molecule has 0 atom stereocenters. The Bertz CT molecular complexity index is 345. The molecule has 0 amide bonds. The lowest BCUT2D eigenvalue weighted by molar-refractivity contribution is 0.340. The Morgan fingerprint density at radius 3 is 2.83 bits per heavy atom. The SMILES string of the molecule is CCOc1cccc(NCCC2CCCCC2)c1. The van der Waals surface area contributed by atoms with Crippen LogP contribution in [0.4, 0.5) is 5.69 Å².